The van der Waals surface area contributed by atoms with E-state index in [4.69, 9.17) is 0 Å². The van der Waals surface area contributed by atoms with Crippen LogP contribution in [0, 0.1) is 5.92 Å². The first-order valence-corrected chi connectivity index (χ1v) is 13.0. The third-order valence-corrected chi connectivity index (χ3v) is 8.39. The van der Waals surface area contributed by atoms with Gasteiger partial charge in [0.05, 0.1) is 17.0 Å². The largest absolute Gasteiger partial charge is 0.348 e. The van der Waals surface area contributed by atoms with Crippen molar-refractivity contribution in [1.82, 2.24) is 15.1 Å². The monoisotopic (exact) mass is 451 g/mol. The van der Waals surface area contributed by atoms with Gasteiger partial charge >= 0.3 is 0 Å². The van der Waals surface area contributed by atoms with Crippen molar-refractivity contribution in [1.29, 1.82) is 0 Å². The van der Waals surface area contributed by atoms with Crippen molar-refractivity contribution >= 4 is 23.2 Å². The molecule has 1 aromatic carbocycles. The Bertz CT molecular complexity index is 930. The number of hydrogen-bond acceptors (Lipinski definition) is 4. The van der Waals surface area contributed by atoms with Crippen LogP contribution in [0.1, 0.15) is 65.4 Å². The second kappa shape index (κ2) is 9.75. The van der Waals surface area contributed by atoms with E-state index in [2.05, 4.69) is 34.5 Å². The van der Waals surface area contributed by atoms with Gasteiger partial charge in [0.15, 0.2) is 0 Å². The Morgan fingerprint density at radius 1 is 0.938 bits per heavy atom. The van der Waals surface area contributed by atoms with Gasteiger partial charge in [-0.25, -0.2) is 0 Å². The van der Waals surface area contributed by atoms with Crippen LogP contribution in [-0.2, 0) is 11.2 Å². The summed E-state index contributed by atoms with van der Waals surface area (Å²) in [5, 5.41) is 5.40. The molecule has 32 heavy (non-hydrogen) atoms. The maximum atomic E-state index is 13.7. The second-order valence-corrected chi connectivity index (χ2v) is 10.4. The van der Waals surface area contributed by atoms with Crippen LogP contribution in [0.15, 0.2) is 41.8 Å². The Balaban J connectivity index is 1.27. The molecule has 2 aromatic rings. The van der Waals surface area contributed by atoms with Gasteiger partial charge in [0.2, 0.25) is 5.91 Å². The fourth-order valence-corrected chi connectivity index (χ4v) is 6.56. The van der Waals surface area contributed by atoms with Crippen LogP contribution < -0.4 is 5.32 Å². The fraction of sp³-hybridized carbons (Fsp3) is 0.538. The lowest BCUT2D eigenvalue weighted by Gasteiger charge is -2.41. The van der Waals surface area contributed by atoms with Crippen LogP contribution in [0.4, 0.5) is 0 Å². The average molecular weight is 452 g/mol. The Hall–Kier alpha value is -2.18. The summed E-state index contributed by atoms with van der Waals surface area (Å²) in [6, 6.07) is 12.4. The van der Waals surface area contributed by atoms with Crippen LogP contribution in [-0.4, -0.2) is 53.8 Å². The first kappa shape index (κ1) is 21.7. The first-order valence-electron chi connectivity index (χ1n) is 12.2. The molecule has 1 saturated carbocycles. The quantitative estimate of drug-likeness (QED) is 0.739. The molecule has 0 spiro atoms. The van der Waals surface area contributed by atoms with Gasteiger partial charge in [-0.15, -0.1) is 11.3 Å². The van der Waals surface area contributed by atoms with E-state index >= 15 is 0 Å². The molecule has 2 aliphatic carbocycles. The number of benzene rings is 1. The predicted molar refractivity (Wildman–Crippen MR) is 128 cm³/mol. The summed E-state index contributed by atoms with van der Waals surface area (Å²) in [5.74, 6) is 0.741. The van der Waals surface area contributed by atoms with Gasteiger partial charge in [-0.3, -0.25) is 14.5 Å². The minimum Gasteiger partial charge on any atom is -0.348 e. The maximum absolute atomic E-state index is 13.7. The molecular weight excluding hydrogens is 418 g/mol. The van der Waals surface area contributed by atoms with E-state index in [-0.39, 0.29) is 23.9 Å². The van der Waals surface area contributed by atoms with E-state index in [0.29, 0.717) is 19.0 Å². The number of nitrogens with zero attached hydrogens (tertiary/aromatic N) is 2. The summed E-state index contributed by atoms with van der Waals surface area (Å²) in [7, 11) is 0. The van der Waals surface area contributed by atoms with Gasteiger partial charge in [0.25, 0.3) is 5.91 Å². The van der Waals surface area contributed by atoms with Crippen LogP contribution >= 0.6 is 11.3 Å². The van der Waals surface area contributed by atoms with Crippen molar-refractivity contribution in [3.63, 3.8) is 0 Å². The van der Waals surface area contributed by atoms with Crippen molar-refractivity contribution in [2.75, 3.05) is 26.2 Å². The van der Waals surface area contributed by atoms with Crippen molar-refractivity contribution in [2.45, 2.75) is 57.0 Å². The number of carbonyl (C=O) groups excluding carboxylic acids is 2. The predicted octanol–water partition coefficient (Wildman–Crippen LogP) is 4.26. The number of hydrogen-bond donors (Lipinski definition) is 1. The molecule has 0 bridgehead atoms. The first-order chi connectivity index (χ1) is 15.7. The molecule has 0 unspecified atom stereocenters. The summed E-state index contributed by atoms with van der Waals surface area (Å²) < 4.78 is 0. The van der Waals surface area contributed by atoms with Crippen molar-refractivity contribution in [2.24, 2.45) is 5.92 Å². The van der Waals surface area contributed by atoms with Crippen molar-refractivity contribution in [3.8, 4) is 0 Å². The van der Waals surface area contributed by atoms with Gasteiger partial charge in [-0.1, -0.05) is 43.2 Å². The third kappa shape index (κ3) is 4.48. The molecule has 2 atom stereocenters. The Kier molecular flexibility index (Phi) is 6.60. The molecular formula is C26H33N3O2S. The summed E-state index contributed by atoms with van der Waals surface area (Å²) in [6.07, 6.45) is 7.95. The lowest BCUT2D eigenvalue weighted by Crippen LogP contribution is -2.58. The second-order valence-electron chi connectivity index (χ2n) is 9.45. The zero-order valence-electron chi connectivity index (χ0n) is 18.7. The van der Waals surface area contributed by atoms with Gasteiger partial charge in [-0.2, -0.15) is 0 Å². The number of rotatable bonds is 5. The summed E-state index contributed by atoms with van der Waals surface area (Å²) in [6.45, 7) is 2.93. The zero-order chi connectivity index (χ0) is 21.9. The summed E-state index contributed by atoms with van der Waals surface area (Å²) >= 11 is 1.50. The molecule has 5 rings (SSSR count). The van der Waals surface area contributed by atoms with Crippen molar-refractivity contribution in [3.05, 3.63) is 57.8 Å². The lowest BCUT2D eigenvalue weighted by molar-refractivity contribution is -0.130. The van der Waals surface area contributed by atoms with Crippen LogP contribution in [0.25, 0.3) is 0 Å². The van der Waals surface area contributed by atoms with E-state index in [1.807, 2.05) is 22.4 Å². The van der Waals surface area contributed by atoms with Crippen LogP contribution in [0.2, 0.25) is 0 Å². The number of aryl methyl sites for hydroxylation is 1. The molecule has 3 aliphatic rings. The van der Waals surface area contributed by atoms with E-state index in [1.54, 1.807) is 0 Å². The van der Waals surface area contributed by atoms with Crippen LogP contribution in [0.5, 0.6) is 0 Å². The molecule has 2 fully saturated rings. The van der Waals surface area contributed by atoms with Crippen LogP contribution in [0.3, 0.4) is 0 Å². The summed E-state index contributed by atoms with van der Waals surface area (Å²) in [4.78, 5) is 31.5. The molecule has 170 valence electrons. The van der Waals surface area contributed by atoms with Gasteiger partial charge in [0, 0.05) is 26.2 Å². The highest BCUT2D eigenvalue weighted by atomic mass is 32.1. The highest BCUT2D eigenvalue weighted by molar-refractivity contribution is 7.12. The van der Waals surface area contributed by atoms with E-state index in [9.17, 15) is 9.59 Å². The normalized spacial score (nSPS) is 23.0. The van der Waals surface area contributed by atoms with Gasteiger partial charge < -0.3 is 10.2 Å². The van der Waals surface area contributed by atoms with Gasteiger partial charge in [-0.05, 0) is 60.6 Å². The maximum Gasteiger partial charge on any atom is 0.264 e. The molecule has 2 heterocycles. The number of fused-ring (bicyclic) bond motifs is 1. The number of nitrogens with one attached hydrogen (secondary N) is 1. The average Bonchev–Trinajstić information content (AvgIpc) is 3.55. The molecule has 1 aromatic heterocycles. The molecule has 2 amide bonds. The lowest BCUT2D eigenvalue weighted by atomic mass is 9.87. The Labute approximate surface area is 194 Å². The number of thiophene rings is 1. The minimum atomic E-state index is -0.0782. The minimum absolute atomic E-state index is 0.0782. The molecule has 6 heteroatoms. The molecule has 0 radical (unpaired) electrons. The van der Waals surface area contributed by atoms with Gasteiger partial charge in [0.1, 0.15) is 0 Å². The molecule has 1 N–H and O–H groups in total. The van der Waals surface area contributed by atoms with Crippen molar-refractivity contribution < 1.29 is 9.59 Å². The highest BCUT2D eigenvalue weighted by Gasteiger charge is 2.38. The highest BCUT2D eigenvalue weighted by Crippen LogP contribution is 2.33. The van der Waals surface area contributed by atoms with E-state index < -0.39 is 0 Å². The molecule has 5 nitrogen and oxygen atoms in total. The SMILES string of the molecule is O=C(N[C@@H]1CCCc2ccccc21)[C@@H](C1CCCC1)N1CCN(C(=O)c2cccs2)CC1. The Morgan fingerprint density at radius 3 is 2.47 bits per heavy atom. The topological polar surface area (TPSA) is 52.7 Å². The smallest absolute Gasteiger partial charge is 0.264 e. The zero-order valence-corrected chi connectivity index (χ0v) is 19.5. The van der Waals surface area contributed by atoms with E-state index in [0.717, 1.165) is 50.1 Å². The Morgan fingerprint density at radius 2 is 1.72 bits per heavy atom. The molecule has 1 aliphatic heterocycles. The number of amides is 2. The third-order valence-electron chi connectivity index (χ3n) is 7.53. The fourth-order valence-electron chi connectivity index (χ4n) is 5.87. The van der Waals surface area contributed by atoms with E-state index in [1.165, 1.54) is 35.3 Å². The number of carbonyl (C=O) groups is 2. The number of piperazine rings is 1. The summed E-state index contributed by atoms with van der Waals surface area (Å²) in [5.41, 5.74) is 2.67. The standard InChI is InChI=1S/C26H33N3O2S/c30-25(27-22-12-5-10-19-7-3-4-11-21(19)22)24(20-8-1-2-9-20)28-14-16-29(17-15-28)26(31)23-13-6-18-32-23/h3-4,6-7,11,13,18,20,22,24H,1-2,5,8-10,12,14-17H2,(H,27,30)/t22-,24-/m1/s1. The molecule has 1 saturated heterocycles.